The summed E-state index contributed by atoms with van der Waals surface area (Å²) in [7, 11) is 1.68. The summed E-state index contributed by atoms with van der Waals surface area (Å²) < 4.78 is 56.9. The quantitative estimate of drug-likeness (QED) is 0.195. The molecule has 2 aromatic heterocycles. The molecule has 0 saturated carbocycles. The Morgan fingerprint density at radius 1 is 1.18 bits per heavy atom. The summed E-state index contributed by atoms with van der Waals surface area (Å²) in [4.78, 5) is 31.4. The van der Waals surface area contributed by atoms with E-state index in [2.05, 4.69) is 10.1 Å². The number of alkyl halides is 3. The average molecular weight is 626 g/mol. The van der Waals surface area contributed by atoms with E-state index in [-0.39, 0.29) is 30.5 Å². The van der Waals surface area contributed by atoms with Gasteiger partial charge in [-0.3, -0.25) is 4.68 Å². The number of nitrogens with zero attached hydrogens (tertiary/aromatic N) is 5. The molecule has 2 atom stereocenters. The number of rotatable bonds is 9. The zero-order valence-corrected chi connectivity index (χ0v) is 26.3. The van der Waals surface area contributed by atoms with E-state index >= 15 is 0 Å². The highest BCUT2D eigenvalue weighted by Gasteiger charge is 2.35. The van der Waals surface area contributed by atoms with E-state index in [1.165, 1.54) is 28.2 Å². The normalized spacial score (nSPS) is 15.4. The van der Waals surface area contributed by atoms with Crippen LogP contribution < -0.4 is 0 Å². The van der Waals surface area contributed by atoms with Crippen LogP contribution in [0.5, 0.6) is 0 Å². The molecule has 0 spiro atoms. The maximum atomic E-state index is 14.5. The topological polar surface area (TPSA) is 91.5 Å². The van der Waals surface area contributed by atoms with Crippen molar-refractivity contribution in [3.05, 3.63) is 70.9 Å². The van der Waals surface area contributed by atoms with Crippen molar-refractivity contribution in [3.63, 3.8) is 0 Å². The highest BCUT2D eigenvalue weighted by atomic mass is 19.3. The molecular weight excluding hydrogens is 587 g/mol. The van der Waals surface area contributed by atoms with Crippen LogP contribution in [0.25, 0.3) is 22.0 Å². The van der Waals surface area contributed by atoms with Crippen molar-refractivity contribution in [1.82, 2.24) is 24.2 Å². The Morgan fingerprint density at radius 2 is 1.89 bits per heavy atom. The number of carbonyl (C=O) groups is 2. The second-order valence-corrected chi connectivity index (χ2v) is 12.3. The number of esters is 1. The summed E-state index contributed by atoms with van der Waals surface area (Å²) in [5.41, 5.74) is 3.29. The number of aromatic nitrogens is 4. The Kier molecular flexibility index (Phi) is 8.95. The lowest BCUT2D eigenvalue weighted by molar-refractivity contribution is -0.146. The van der Waals surface area contributed by atoms with Crippen molar-refractivity contribution >= 4 is 23.0 Å². The fourth-order valence-electron chi connectivity index (χ4n) is 5.63. The summed E-state index contributed by atoms with van der Waals surface area (Å²) in [6, 6.07) is 7.80. The van der Waals surface area contributed by atoms with Crippen molar-refractivity contribution in [3.8, 4) is 11.1 Å². The Balaban J connectivity index is 1.47. The lowest BCUT2D eigenvalue weighted by atomic mass is 9.94. The number of amides is 1. The van der Waals surface area contributed by atoms with Crippen molar-refractivity contribution in [2.75, 3.05) is 20.2 Å². The van der Waals surface area contributed by atoms with Crippen LogP contribution >= 0.6 is 0 Å². The largest absolute Gasteiger partial charge is 0.464 e. The first-order chi connectivity index (χ1) is 21.3. The van der Waals surface area contributed by atoms with Crippen LogP contribution in [0.15, 0.2) is 42.9 Å². The van der Waals surface area contributed by atoms with Gasteiger partial charge in [-0.2, -0.15) is 5.10 Å². The van der Waals surface area contributed by atoms with Crippen molar-refractivity contribution in [2.24, 2.45) is 0 Å². The van der Waals surface area contributed by atoms with Crippen molar-refractivity contribution in [1.29, 1.82) is 0 Å². The molecule has 0 saturated heterocycles. The van der Waals surface area contributed by atoms with E-state index in [9.17, 15) is 22.8 Å². The van der Waals surface area contributed by atoms with Gasteiger partial charge in [-0.05, 0) is 69.4 Å². The zero-order chi connectivity index (χ0) is 32.6. The zero-order valence-electron chi connectivity index (χ0n) is 26.3. The first kappa shape index (κ1) is 32.1. The smallest absolute Gasteiger partial charge is 0.410 e. The summed E-state index contributed by atoms with van der Waals surface area (Å²) in [5, 5.41) is 4.85. The number of carbonyl (C=O) groups excluding carboxylic acids is 2. The van der Waals surface area contributed by atoms with Crippen LogP contribution in [0.1, 0.15) is 68.2 Å². The van der Waals surface area contributed by atoms with E-state index in [0.717, 1.165) is 11.1 Å². The van der Waals surface area contributed by atoms with Gasteiger partial charge in [0, 0.05) is 42.9 Å². The monoisotopic (exact) mass is 625 g/mol. The van der Waals surface area contributed by atoms with E-state index < -0.39 is 36.3 Å². The van der Waals surface area contributed by atoms with Crippen molar-refractivity contribution < 1.29 is 32.2 Å². The number of hydrogen-bond donors (Lipinski definition) is 0. The van der Waals surface area contributed by atoms with Gasteiger partial charge in [0.25, 0.3) is 6.43 Å². The highest BCUT2D eigenvalue weighted by molar-refractivity contribution is 5.92. The molecule has 1 aliphatic heterocycles. The van der Waals surface area contributed by atoms with E-state index in [4.69, 9.17) is 9.47 Å². The number of benzene rings is 2. The average Bonchev–Trinajstić information content (AvgIpc) is 3.67. The summed E-state index contributed by atoms with van der Waals surface area (Å²) in [6.07, 6.45) is -0.746. The Hall–Kier alpha value is -4.35. The second-order valence-electron chi connectivity index (χ2n) is 12.3. The summed E-state index contributed by atoms with van der Waals surface area (Å²) >= 11 is 0. The molecule has 9 nitrogen and oxygen atoms in total. The first-order valence-electron chi connectivity index (χ1n) is 15.0. The van der Waals surface area contributed by atoms with Gasteiger partial charge in [0.1, 0.15) is 11.8 Å². The maximum absolute atomic E-state index is 14.5. The molecule has 2 aromatic carbocycles. The van der Waals surface area contributed by atoms with Crippen LogP contribution in [0.4, 0.5) is 18.0 Å². The summed E-state index contributed by atoms with van der Waals surface area (Å²) in [6.45, 7) is 9.58. The SMILES string of the molecule is CCOC(=O)C(c1ncn2c1CC(F)C2)n1cc2c(C(F)F)cc(-c3ccc(CCN(C)C(=O)OC(C)(C)C)cc3)c(C)c2n1. The lowest BCUT2D eigenvalue weighted by Gasteiger charge is -2.24. The molecule has 0 aliphatic carbocycles. The molecule has 0 bridgehead atoms. The van der Waals surface area contributed by atoms with Gasteiger partial charge < -0.3 is 18.9 Å². The molecule has 2 unspecified atom stereocenters. The molecule has 12 heteroatoms. The van der Waals surface area contributed by atoms with Crippen LogP contribution in [0.3, 0.4) is 0 Å². The molecule has 45 heavy (non-hydrogen) atoms. The van der Waals surface area contributed by atoms with Gasteiger partial charge in [-0.1, -0.05) is 24.3 Å². The number of fused-ring (bicyclic) bond motifs is 2. The number of halogens is 3. The molecule has 1 aliphatic rings. The molecule has 1 amide bonds. The third-order valence-corrected chi connectivity index (χ3v) is 7.86. The Bertz CT molecular complexity index is 1710. The number of ether oxygens (including phenoxy) is 2. The molecule has 4 aromatic rings. The first-order valence-corrected chi connectivity index (χ1v) is 15.0. The molecular formula is C33H38F3N5O4. The van der Waals surface area contributed by atoms with Crippen molar-refractivity contribution in [2.45, 2.75) is 78.2 Å². The number of imidazole rings is 1. The Labute approximate surface area is 259 Å². The van der Waals surface area contributed by atoms with Gasteiger partial charge in [0.15, 0.2) is 6.04 Å². The second kappa shape index (κ2) is 12.6. The van der Waals surface area contributed by atoms with E-state index in [1.54, 1.807) is 25.5 Å². The van der Waals surface area contributed by atoms with Crippen LogP contribution in [0, 0.1) is 6.92 Å². The maximum Gasteiger partial charge on any atom is 0.410 e. The minimum atomic E-state index is -2.81. The number of aryl methyl sites for hydroxylation is 1. The molecule has 240 valence electrons. The standard InChI is InChI=1S/C33H38F3N5O4/c1-7-44-31(42)29(28-26-14-22(34)16-40(26)18-37-28)41-17-25-24(30(35)36)15-23(19(2)27(25)38-41)21-10-8-20(9-11-21)12-13-39(6)32(43)45-33(3,4)5/h8-11,15,17-18,22,29-30H,7,12-14,16H2,1-6H3. The fourth-order valence-corrected chi connectivity index (χ4v) is 5.63. The third-order valence-electron chi connectivity index (χ3n) is 7.86. The molecule has 3 heterocycles. The predicted molar refractivity (Wildman–Crippen MR) is 163 cm³/mol. The molecule has 0 radical (unpaired) electrons. The van der Waals surface area contributed by atoms with Gasteiger partial charge in [0.2, 0.25) is 0 Å². The van der Waals surface area contributed by atoms with E-state index in [0.29, 0.717) is 41.0 Å². The van der Waals surface area contributed by atoms with Crippen LogP contribution in [-0.4, -0.2) is 68.3 Å². The summed E-state index contributed by atoms with van der Waals surface area (Å²) in [5.74, 6) is -0.654. The molecule has 0 N–H and O–H groups in total. The van der Waals surface area contributed by atoms with Gasteiger partial charge in [0.05, 0.1) is 30.7 Å². The van der Waals surface area contributed by atoms with Gasteiger partial charge >= 0.3 is 12.1 Å². The minimum absolute atomic E-state index is 0.0881. The van der Waals surface area contributed by atoms with E-state index in [1.807, 2.05) is 45.0 Å². The van der Waals surface area contributed by atoms with Gasteiger partial charge in [-0.15, -0.1) is 0 Å². The number of likely N-dealkylation sites (N-methyl/N-ethyl adjacent to an activating group) is 1. The van der Waals surface area contributed by atoms with Gasteiger partial charge in [-0.25, -0.2) is 27.7 Å². The van der Waals surface area contributed by atoms with Crippen LogP contribution in [0.2, 0.25) is 0 Å². The molecule has 5 rings (SSSR count). The minimum Gasteiger partial charge on any atom is -0.464 e. The lowest BCUT2D eigenvalue weighted by Crippen LogP contribution is -2.35. The highest BCUT2D eigenvalue weighted by Crippen LogP contribution is 2.38. The molecule has 0 fully saturated rings. The third kappa shape index (κ3) is 6.69. The van der Waals surface area contributed by atoms with Crippen LogP contribution in [-0.2, 0) is 33.7 Å². The number of hydrogen-bond acceptors (Lipinski definition) is 6. The predicted octanol–water partition coefficient (Wildman–Crippen LogP) is 6.60. The fraction of sp³-hybridized carbons (Fsp3) is 0.455. The Morgan fingerprint density at radius 3 is 2.53 bits per heavy atom.